The van der Waals surface area contributed by atoms with E-state index in [1.165, 1.54) is 6.07 Å². The van der Waals surface area contributed by atoms with Crippen molar-refractivity contribution >= 4 is 18.3 Å². The second-order valence-corrected chi connectivity index (χ2v) is 5.19. The van der Waals surface area contributed by atoms with Crippen LogP contribution in [0.3, 0.4) is 0 Å². The summed E-state index contributed by atoms with van der Waals surface area (Å²) in [6, 6.07) is 4.09. The van der Waals surface area contributed by atoms with E-state index in [2.05, 4.69) is 5.32 Å². The number of benzene rings is 1. The standard InChI is InChI=1S/C14H18F2N2O.ClH/c1-9-7-18(8-10(2)17-9)14(19)6-11-3-4-12(15)13(16)5-11;/h3-5,9-10,17H,6-8H2,1-2H3;1H. The molecule has 2 rings (SSSR count). The van der Waals surface area contributed by atoms with Crippen LogP contribution in [0.25, 0.3) is 0 Å². The fourth-order valence-electron chi connectivity index (χ4n) is 2.47. The van der Waals surface area contributed by atoms with E-state index in [-0.39, 0.29) is 36.8 Å². The zero-order valence-electron chi connectivity index (χ0n) is 11.5. The summed E-state index contributed by atoms with van der Waals surface area (Å²) in [5.74, 6) is -1.85. The molecule has 1 aromatic carbocycles. The lowest BCUT2D eigenvalue weighted by molar-refractivity contribution is -0.132. The molecule has 0 aromatic heterocycles. The molecule has 2 unspecified atom stereocenters. The third-order valence-corrected chi connectivity index (χ3v) is 3.25. The Morgan fingerprint density at radius 2 is 1.85 bits per heavy atom. The van der Waals surface area contributed by atoms with Gasteiger partial charge in [0.05, 0.1) is 6.42 Å². The van der Waals surface area contributed by atoms with Crippen molar-refractivity contribution in [3.05, 3.63) is 35.4 Å². The maximum Gasteiger partial charge on any atom is 0.227 e. The molecule has 0 radical (unpaired) electrons. The van der Waals surface area contributed by atoms with Gasteiger partial charge >= 0.3 is 0 Å². The number of nitrogens with one attached hydrogen (secondary N) is 1. The first-order chi connectivity index (χ1) is 8.95. The first kappa shape index (κ1) is 16.9. The smallest absolute Gasteiger partial charge is 0.227 e. The summed E-state index contributed by atoms with van der Waals surface area (Å²) in [5.41, 5.74) is 0.503. The summed E-state index contributed by atoms with van der Waals surface area (Å²) in [4.78, 5) is 13.9. The van der Waals surface area contributed by atoms with Crippen molar-refractivity contribution in [2.45, 2.75) is 32.4 Å². The summed E-state index contributed by atoms with van der Waals surface area (Å²) in [5, 5.41) is 3.34. The maximum atomic E-state index is 13.1. The van der Waals surface area contributed by atoms with E-state index in [1.807, 2.05) is 13.8 Å². The SMILES string of the molecule is CC1CN(C(=O)Cc2ccc(F)c(F)c2)CC(C)N1.Cl. The van der Waals surface area contributed by atoms with Crippen LogP contribution in [0, 0.1) is 11.6 Å². The van der Waals surface area contributed by atoms with Crippen LogP contribution in [-0.4, -0.2) is 36.0 Å². The highest BCUT2D eigenvalue weighted by Crippen LogP contribution is 2.12. The highest BCUT2D eigenvalue weighted by molar-refractivity contribution is 5.85. The van der Waals surface area contributed by atoms with E-state index in [0.717, 1.165) is 12.1 Å². The first-order valence-corrected chi connectivity index (χ1v) is 6.43. The normalized spacial score (nSPS) is 22.3. The van der Waals surface area contributed by atoms with Crippen molar-refractivity contribution in [2.24, 2.45) is 0 Å². The third kappa shape index (κ3) is 4.15. The van der Waals surface area contributed by atoms with Crippen LogP contribution in [0.15, 0.2) is 18.2 Å². The second kappa shape index (κ2) is 6.99. The lowest BCUT2D eigenvalue weighted by atomic mass is 10.1. The fourth-order valence-corrected chi connectivity index (χ4v) is 2.47. The third-order valence-electron chi connectivity index (χ3n) is 3.25. The van der Waals surface area contributed by atoms with E-state index >= 15 is 0 Å². The molecule has 1 fully saturated rings. The summed E-state index contributed by atoms with van der Waals surface area (Å²) in [7, 11) is 0. The highest BCUT2D eigenvalue weighted by atomic mass is 35.5. The molecule has 1 saturated heterocycles. The number of hydrogen-bond acceptors (Lipinski definition) is 2. The molecule has 1 heterocycles. The molecule has 1 aliphatic heterocycles. The Balaban J connectivity index is 0.00000200. The van der Waals surface area contributed by atoms with Gasteiger partial charge in [0.15, 0.2) is 11.6 Å². The number of nitrogens with zero attached hydrogens (tertiary/aromatic N) is 1. The summed E-state index contributed by atoms with van der Waals surface area (Å²) < 4.78 is 25.9. The van der Waals surface area contributed by atoms with Crippen molar-refractivity contribution in [1.29, 1.82) is 0 Å². The predicted molar refractivity (Wildman–Crippen MR) is 75.9 cm³/mol. The van der Waals surface area contributed by atoms with Crippen LogP contribution >= 0.6 is 12.4 Å². The minimum absolute atomic E-state index is 0. The molecule has 1 amide bonds. The topological polar surface area (TPSA) is 32.3 Å². The lowest BCUT2D eigenvalue weighted by Crippen LogP contribution is -2.56. The van der Waals surface area contributed by atoms with Crippen LogP contribution in [-0.2, 0) is 11.2 Å². The lowest BCUT2D eigenvalue weighted by Gasteiger charge is -2.36. The van der Waals surface area contributed by atoms with Crippen molar-refractivity contribution in [3.8, 4) is 0 Å². The average molecular weight is 305 g/mol. The van der Waals surface area contributed by atoms with Crippen LogP contribution < -0.4 is 5.32 Å². The van der Waals surface area contributed by atoms with Crippen LogP contribution in [0.4, 0.5) is 8.78 Å². The van der Waals surface area contributed by atoms with Gasteiger partial charge in [0, 0.05) is 25.2 Å². The van der Waals surface area contributed by atoms with Crippen molar-refractivity contribution in [1.82, 2.24) is 10.2 Å². The van der Waals surface area contributed by atoms with Gasteiger partial charge in [-0.25, -0.2) is 8.78 Å². The molecule has 6 heteroatoms. The number of rotatable bonds is 2. The molecule has 1 aromatic rings. The van der Waals surface area contributed by atoms with Gasteiger partial charge in [0.25, 0.3) is 0 Å². The van der Waals surface area contributed by atoms with Gasteiger partial charge in [-0.2, -0.15) is 0 Å². The fraction of sp³-hybridized carbons (Fsp3) is 0.500. The monoisotopic (exact) mass is 304 g/mol. The maximum absolute atomic E-state index is 13.1. The van der Waals surface area contributed by atoms with Gasteiger partial charge in [0.1, 0.15) is 0 Å². The van der Waals surface area contributed by atoms with Gasteiger partial charge in [0.2, 0.25) is 5.91 Å². The Hall–Kier alpha value is -1.20. The average Bonchev–Trinajstić information content (AvgIpc) is 2.32. The molecule has 1 N–H and O–H groups in total. The molecule has 0 spiro atoms. The predicted octanol–water partition coefficient (Wildman–Crippen LogP) is 2.14. The molecule has 3 nitrogen and oxygen atoms in total. The summed E-state index contributed by atoms with van der Waals surface area (Å²) in [6.07, 6.45) is 0.108. The number of carbonyl (C=O) groups is 1. The molecule has 0 aliphatic carbocycles. The Labute approximate surface area is 123 Å². The Morgan fingerprint density at radius 3 is 2.40 bits per heavy atom. The van der Waals surface area contributed by atoms with Crippen molar-refractivity contribution in [3.63, 3.8) is 0 Å². The Bertz CT molecular complexity index is 474. The van der Waals surface area contributed by atoms with Crippen LogP contribution in [0.5, 0.6) is 0 Å². The number of piperazine rings is 1. The highest BCUT2D eigenvalue weighted by Gasteiger charge is 2.24. The second-order valence-electron chi connectivity index (χ2n) is 5.19. The largest absolute Gasteiger partial charge is 0.339 e. The molecule has 1 aliphatic rings. The Kier molecular flexibility index (Phi) is 5.89. The quantitative estimate of drug-likeness (QED) is 0.908. The number of halogens is 3. The molecule has 0 saturated carbocycles. The molecule has 20 heavy (non-hydrogen) atoms. The van der Waals surface area contributed by atoms with Gasteiger partial charge in [-0.15, -0.1) is 12.4 Å². The van der Waals surface area contributed by atoms with Crippen LogP contribution in [0.1, 0.15) is 19.4 Å². The van der Waals surface area contributed by atoms with Gasteiger partial charge in [-0.05, 0) is 31.5 Å². The summed E-state index contributed by atoms with van der Waals surface area (Å²) in [6.45, 7) is 5.33. The number of amides is 1. The van der Waals surface area contributed by atoms with E-state index < -0.39 is 11.6 Å². The minimum Gasteiger partial charge on any atom is -0.339 e. The Morgan fingerprint density at radius 1 is 1.25 bits per heavy atom. The van der Waals surface area contributed by atoms with Gasteiger partial charge < -0.3 is 10.2 Å². The van der Waals surface area contributed by atoms with Gasteiger partial charge in [-0.3, -0.25) is 4.79 Å². The first-order valence-electron chi connectivity index (χ1n) is 6.43. The molecule has 2 atom stereocenters. The molecular weight excluding hydrogens is 286 g/mol. The molecule has 112 valence electrons. The van der Waals surface area contributed by atoms with E-state index in [9.17, 15) is 13.6 Å². The molecular formula is C14H19ClF2N2O. The van der Waals surface area contributed by atoms with E-state index in [4.69, 9.17) is 0 Å². The van der Waals surface area contributed by atoms with Crippen molar-refractivity contribution < 1.29 is 13.6 Å². The number of hydrogen-bond donors (Lipinski definition) is 1. The van der Waals surface area contributed by atoms with E-state index in [1.54, 1.807) is 4.90 Å². The minimum atomic E-state index is -0.910. The summed E-state index contributed by atoms with van der Waals surface area (Å²) >= 11 is 0. The number of carbonyl (C=O) groups excluding carboxylic acids is 1. The zero-order valence-corrected chi connectivity index (χ0v) is 12.3. The molecule has 0 bridgehead atoms. The van der Waals surface area contributed by atoms with Crippen LogP contribution in [0.2, 0.25) is 0 Å². The zero-order chi connectivity index (χ0) is 14.0. The van der Waals surface area contributed by atoms with Crippen molar-refractivity contribution in [2.75, 3.05) is 13.1 Å². The van der Waals surface area contributed by atoms with Gasteiger partial charge in [-0.1, -0.05) is 6.07 Å². The van der Waals surface area contributed by atoms with E-state index in [0.29, 0.717) is 18.7 Å².